The summed E-state index contributed by atoms with van der Waals surface area (Å²) in [5.74, 6) is -0.197. The molecular weight excluding hydrogens is 228 g/mol. The zero-order valence-electron chi connectivity index (χ0n) is 12.2. The monoisotopic (exact) mass is 256 g/mol. The van der Waals surface area contributed by atoms with E-state index >= 15 is 0 Å². The highest BCUT2D eigenvalue weighted by atomic mass is 16.4. The first-order valence-electron chi connectivity index (χ1n) is 7.05. The highest BCUT2D eigenvalue weighted by Crippen LogP contribution is 2.25. The van der Waals surface area contributed by atoms with Gasteiger partial charge in [-0.2, -0.15) is 0 Å². The molecule has 0 spiro atoms. The lowest BCUT2D eigenvalue weighted by atomic mass is 9.99. The lowest BCUT2D eigenvalue weighted by molar-refractivity contribution is -0.145. The predicted molar refractivity (Wildman–Crippen MR) is 73.8 cm³/mol. The van der Waals surface area contributed by atoms with Crippen LogP contribution in [-0.2, 0) is 4.79 Å². The number of hydrogen-bond donors (Lipinski definition) is 2. The molecule has 18 heavy (non-hydrogen) atoms. The third-order valence-electron chi connectivity index (χ3n) is 3.98. The van der Waals surface area contributed by atoms with E-state index in [1.54, 1.807) is 14.0 Å². The summed E-state index contributed by atoms with van der Waals surface area (Å²) in [5.41, 5.74) is -0.850. The Kier molecular flexibility index (Phi) is 5.60. The molecule has 1 aliphatic carbocycles. The molecule has 1 fully saturated rings. The first-order valence-corrected chi connectivity index (χ1v) is 7.05. The summed E-state index contributed by atoms with van der Waals surface area (Å²) < 4.78 is 0. The average molecular weight is 256 g/mol. The smallest absolute Gasteiger partial charge is 0.324 e. The number of nitrogens with one attached hydrogen (secondary N) is 1. The second-order valence-electron chi connectivity index (χ2n) is 6.15. The molecule has 1 rings (SSSR count). The fraction of sp³-hybridized carbons (Fsp3) is 0.929. The maximum atomic E-state index is 11.4. The molecule has 1 saturated carbocycles. The van der Waals surface area contributed by atoms with Crippen LogP contribution >= 0.6 is 0 Å². The van der Waals surface area contributed by atoms with E-state index in [9.17, 15) is 9.90 Å². The van der Waals surface area contributed by atoms with E-state index in [1.807, 2.05) is 0 Å². The van der Waals surface area contributed by atoms with Crippen molar-refractivity contribution in [3.8, 4) is 0 Å². The molecule has 0 aromatic rings. The van der Waals surface area contributed by atoms with Crippen LogP contribution in [0.2, 0.25) is 0 Å². The van der Waals surface area contributed by atoms with Crippen molar-refractivity contribution in [3.05, 3.63) is 0 Å². The second kappa shape index (κ2) is 6.53. The summed E-state index contributed by atoms with van der Waals surface area (Å²) in [4.78, 5) is 13.8. The van der Waals surface area contributed by atoms with Gasteiger partial charge in [0.15, 0.2) is 0 Å². The van der Waals surface area contributed by atoms with Crippen molar-refractivity contribution >= 4 is 5.97 Å². The van der Waals surface area contributed by atoms with Crippen LogP contribution < -0.4 is 5.32 Å². The average Bonchev–Trinajstić information content (AvgIpc) is 2.80. The van der Waals surface area contributed by atoms with Crippen molar-refractivity contribution in [1.82, 2.24) is 10.2 Å². The molecule has 0 aromatic carbocycles. The summed E-state index contributed by atoms with van der Waals surface area (Å²) in [6.07, 6.45) is 4.99. The van der Waals surface area contributed by atoms with Crippen molar-refractivity contribution in [1.29, 1.82) is 0 Å². The lowest BCUT2D eigenvalue weighted by Gasteiger charge is -2.37. The van der Waals surface area contributed by atoms with Gasteiger partial charge in [0.2, 0.25) is 0 Å². The summed E-state index contributed by atoms with van der Waals surface area (Å²) in [6.45, 7) is 7.73. The zero-order valence-corrected chi connectivity index (χ0v) is 12.2. The molecule has 0 radical (unpaired) electrons. The summed E-state index contributed by atoms with van der Waals surface area (Å²) in [5, 5.41) is 12.3. The Morgan fingerprint density at radius 1 is 1.44 bits per heavy atom. The molecule has 0 aromatic heterocycles. The van der Waals surface area contributed by atoms with E-state index in [-0.39, 0.29) is 0 Å². The van der Waals surface area contributed by atoms with Gasteiger partial charge >= 0.3 is 5.97 Å². The number of nitrogens with zero attached hydrogens (tertiary/aromatic N) is 1. The Hall–Kier alpha value is -0.610. The number of carboxylic acids is 1. The number of aliphatic carboxylic acids is 1. The normalized spacial score (nSPS) is 20.6. The van der Waals surface area contributed by atoms with Gasteiger partial charge in [-0.15, -0.1) is 0 Å². The van der Waals surface area contributed by atoms with Gasteiger partial charge in [-0.25, -0.2) is 0 Å². The first kappa shape index (κ1) is 15.4. The molecule has 2 N–H and O–H groups in total. The summed E-state index contributed by atoms with van der Waals surface area (Å²) in [7, 11) is 1.73. The van der Waals surface area contributed by atoms with Crippen LogP contribution in [0.5, 0.6) is 0 Å². The van der Waals surface area contributed by atoms with Crippen molar-refractivity contribution in [2.45, 2.75) is 58.0 Å². The first-order chi connectivity index (χ1) is 8.39. The van der Waals surface area contributed by atoms with E-state index in [4.69, 9.17) is 0 Å². The number of hydrogen-bond acceptors (Lipinski definition) is 3. The van der Waals surface area contributed by atoms with Crippen molar-refractivity contribution in [3.63, 3.8) is 0 Å². The Morgan fingerprint density at radius 2 is 2.00 bits per heavy atom. The van der Waals surface area contributed by atoms with Crippen LogP contribution in [0, 0.1) is 5.92 Å². The Labute approximate surface area is 111 Å². The van der Waals surface area contributed by atoms with Crippen LogP contribution in [-0.4, -0.2) is 47.7 Å². The number of carboxylic acid groups (broad SMARTS) is 1. The van der Waals surface area contributed by atoms with Gasteiger partial charge in [0.25, 0.3) is 0 Å². The topological polar surface area (TPSA) is 52.6 Å². The number of rotatable bonds is 7. The van der Waals surface area contributed by atoms with Crippen molar-refractivity contribution < 1.29 is 9.90 Å². The van der Waals surface area contributed by atoms with E-state index in [1.165, 1.54) is 25.7 Å². The third kappa shape index (κ3) is 3.95. The van der Waals surface area contributed by atoms with Gasteiger partial charge in [-0.05, 0) is 32.7 Å². The van der Waals surface area contributed by atoms with E-state index < -0.39 is 11.5 Å². The minimum Gasteiger partial charge on any atom is -0.480 e. The van der Waals surface area contributed by atoms with Gasteiger partial charge in [-0.1, -0.05) is 26.7 Å². The summed E-state index contributed by atoms with van der Waals surface area (Å²) >= 11 is 0. The second-order valence-corrected chi connectivity index (χ2v) is 6.15. The largest absolute Gasteiger partial charge is 0.480 e. The van der Waals surface area contributed by atoms with Crippen LogP contribution in [0.3, 0.4) is 0 Å². The lowest BCUT2D eigenvalue weighted by Crippen LogP contribution is -2.57. The fourth-order valence-corrected chi connectivity index (χ4v) is 2.74. The molecule has 0 bridgehead atoms. The van der Waals surface area contributed by atoms with E-state index in [2.05, 4.69) is 24.1 Å². The van der Waals surface area contributed by atoms with Gasteiger partial charge in [-0.3, -0.25) is 9.69 Å². The standard InChI is InChI=1S/C14H28N2O2/c1-11(2)9-16(12-7-5-6-8-12)10-14(3,15-4)13(17)18/h11-12,15H,5-10H2,1-4H3,(H,17,18). The van der Waals surface area contributed by atoms with Crippen molar-refractivity contribution in [2.75, 3.05) is 20.1 Å². The van der Waals surface area contributed by atoms with Crippen LogP contribution in [0.15, 0.2) is 0 Å². The van der Waals surface area contributed by atoms with E-state index in [0.717, 1.165) is 6.54 Å². The SMILES string of the molecule is CNC(C)(CN(CC(C)C)C1CCCC1)C(=O)O. The van der Waals surface area contributed by atoms with Crippen LogP contribution in [0.25, 0.3) is 0 Å². The van der Waals surface area contributed by atoms with Crippen LogP contribution in [0.4, 0.5) is 0 Å². The quantitative estimate of drug-likeness (QED) is 0.731. The Balaban J connectivity index is 2.73. The van der Waals surface area contributed by atoms with Gasteiger partial charge in [0, 0.05) is 19.1 Å². The molecule has 0 saturated heterocycles. The van der Waals surface area contributed by atoms with Gasteiger partial charge in [0.1, 0.15) is 5.54 Å². The highest BCUT2D eigenvalue weighted by Gasteiger charge is 2.36. The van der Waals surface area contributed by atoms with Crippen molar-refractivity contribution in [2.24, 2.45) is 5.92 Å². The van der Waals surface area contributed by atoms with Gasteiger partial charge < -0.3 is 10.4 Å². The molecule has 0 aliphatic heterocycles. The number of carbonyl (C=O) groups is 1. The molecule has 0 amide bonds. The van der Waals surface area contributed by atoms with Crippen LogP contribution in [0.1, 0.15) is 46.5 Å². The minimum atomic E-state index is -0.850. The predicted octanol–water partition coefficient (Wildman–Crippen LogP) is 1.95. The zero-order chi connectivity index (χ0) is 13.8. The Bertz CT molecular complexity index is 275. The summed E-state index contributed by atoms with van der Waals surface area (Å²) in [6, 6.07) is 0.569. The Morgan fingerprint density at radius 3 is 2.39 bits per heavy atom. The maximum Gasteiger partial charge on any atom is 0.324 e. The highest BCUT2D eigenvalue weighted by molar-refractivity contribution is 5.78. The molecular formula is C14H28N2O2. The molecule has 1 unspecified atom stereocenters. The fourth-order valence-electron chi connectivity index (χ4n) is 2.74. The maximum absolute atomic E-state index is 11.4. The molecule has 1 aliphatic rings. The molecule has 4 heteroatoms. The minimum absolute atomic E-state index is 0.569. The molecule has 0 heterocycles. The third-order valence-corrected chi connectivity index (χ3v) is 3.98. The van der Waals surface area contributed by atoms with Gasteiger partial charge in [0.05, 0.1) is 0 Å². The number of likely N-dealkylation sites (N-methyl/N-ethyl adjacent to an activating group) is 1. The molecule has 4 nitrogen and oxygen atoms in total. The van der Waals surface area contributed by atoms with E-state index in [0.29, 0.717) is 18.5 Å². The molecule has 1 atom stereocenters. The molecule has 106 valence electrons.